The van der Waals surface area contributed by atoms with Gasteiger partial charge in [-0.3, -0.25) is 19.0 Å². The molecule has 2 aromatic carbocycles. The molecule has 0 saturated heterocycles. The van der Waals surface area contributed by atoms with Crippen molar-refractivity contribution in [2.75, 3.05) is 19.8 Å². The highest BCUT2D eigenvalue weighted by Crippen LogP contribution is 2.34. The molecule has 0 aliphatic carbocycles. The summed E-state index contributed by atoms with van der Waals surface area (Å²) in [5, 5.41) is 14.7. The molecule has 0 radical (unpaired) electrons. The van der Waals surface area contributed by atoms with Crippen LogP contribution in [0.4, 0.5) is 0 Å². The Kier molecular flexibility index (Phi) is 4.44. The number of hydrogen-bond acceptors (Lipinski definition) is 5. The Labute approximate surface area is 170 Å². The van der Waals surface area contributed by atoms with Gasteiger partial charge in [0.15, 0.2) is 6.61 Å². The second-order valence-corrected chi connectivity index (χ2v) is 7.14. The summed E-state index contributed by atoms with van der Waals surface area (Å²) in [6.45, 7) is 0.317. The Morgan fingerprint density at radius 3 is 2.73 bits per heavy atom. The second-order valence-electron chi connectivity index (χ2n) is 7.14. The number of carbonyl (C=O) groups is 1. The molecule has 7 nitrogen and oxygen atoms in total. The van der Waals surface area contributed by atoms with Gasteiger partial charge in [-0.25, -0.2) is 0 Å². The molecule has 7 heteroatoms. The molecule has 0 atom stereocenters. The number of fused-ring (bicyclic) bond motifs is 5. The van der Waals surface area contributed by atoms with Gasteiger partial charge in [0.2, 0.25) is 0 Å². The molecule has 0 aliphatic heterocycles. The highest BCUT2D eigenvalue weighted by molar-refractivity contribution is 6.18. The van der Waals surface area contributed by atoms with Crippen LogP contribution in [0.3, 0.4) is 0 Å². The largest absolute Gasteiger partial charge is 0.484 e. The molecular weight excluding hydrogens is 382 g/mol. The summed E-state index contributed by atoms with van der Waals surface area (Å²) >= 11 is 0. The molecule has 30 heavy (non-hydrogen) atoms. The smallest absolute Gasteiger partial charge is 0.263 e. The molecule has 3 aromatic heterocycles. The number of hydrogen-bond donors (Lipinski definition) is 2. The van der Waals surface area contributed by atoms with E-state index in [1.54, 1.807) is 16.7 Å². The summed E-state index contributed by atoms with van der Waals surface area (Å²) in [4.78, 5) is 29.6. The first-order valence-corrected chi connectivity index (χ1v) is 9.76. The average molecular weight is 401 g/mol. The zero-order valence-corrected chi connectivity index (χ0v) is 16.1. The zero-order chi connectivity index (χ0) is 20.7. The first-order chi connectivity index (χ1) is 14.7. The van der Waals surface area contributed by atoms with E-state index in [9.17, 15) is 9.59 Å². The molecule has 150 valence electrons. The van der Waals surface area contributed by atoms with Gasteiger partial charge >= 0.3 is 0 Å². The Bertz CT molecular complexity index is 1460. The van der Waals surface area contributed by atoms with Crippen molar-refractivity contribution in [3.63, 3.8) is 0 Å². The lowest BCUT2D eigenvalue weighted by Crippen LogP contribution is -2.30. The van der Waals surface area contributed by atoms with E-state index in [4.69, 9.17) is 9.84 Å². The molecule has 1 amide bonds. The summed E-state index contributed by atoms with van der Waals surface area (Å²) in [6, 6.07) is 14.8. The van der Waals surface area contributed by atoms with Gasteiger partial charge < -0.3 is 15.2 Å². The second kappa shape index (κ2) is 7.27. The first-order valence-electron chi connectivity index (χ1n) is 9.76. The lowest BCUT2D eigenvalue weighted by molar-refractivity contribution is -0.123. The molecule has 0 unspecified atom stereocenters. The maximum absolute atomic E-state index is 13.2. The quantitative estimate of drug-likeness (QED) is 0.337. The average Bonchev–Trinajstić information content (AvgIpc) is 3.11. The van der Waals surface area contributed by atoms with E-state index in [1.165, 1.54) is 0 Å². The van der Waals surface area contributed by atoms with Crippen molar-refractivity contribution in [2.45, 2.75) is 6.42 Å². The third-order valence-electron chi connectivity index (χ3n) is 5.29. The van der Waals surface area contributed by atoms with Crippen molar-refractivity contribution in [1.29, 1.82) is 0 Å². The third-order valence-corrected chi connectivity index (χ3v) is 5.29. The van der Waals surface area contributed by atoms with Gasteiger partial charge in [0.25, 0.3) is 11.5 Å². The standard InChI is InChI=1S/C23H19N3O4/c27-11-3-9-24-20(28)13-30-14-6-7-19-18(12-14)16-8-10-25-21-15-4-1-2-5-17(15)23(29)26(19)22(16)21/h1-2,4-8,10,12,27H,3,9,11,13H2,(H,24,28). The van der Waals surface area contributed by atoms with Gasteiger partial charge in [-0.2, -0.15) is 0 Å². The number of amides is 1. The highest BCUT2D eigenvalue weighted by Gasteiger charge is 2.18. The van der Waals surface area contributed by atoms with Gasteiger partial charge in [0.1, 0.15) is 5.75 Å². The molecule has 0 bridgehead atoms. The van der Waals surface area contributed by atoms with Crippen LogP contribution in [0.5, 0.6) is 5.75 Å². The number of carbonyl (C=O) groups excluding carboxylic acids is 1. The molecule has 0 aliphatic rings. The zero-order valence-electron chi connectivity index (χ0n) is 16.1. The number of aliphatic hydroxyl groups is 1. The fourth-order valence-corrected chi connectivity index (χ4v) is 3.95. The fourth-order valence-electron chi connectivity index (χ4n) is 3.95. The van der Waals surface area contributed by atoms with Crippen molar-refractivity contribution in [2.24, 2.45) is 0 Å². The predicted molar refractivity (Wildman–Crippen MR) is 115 cm³/mol. The number of benzene rings is 2. The summed E-state index contributed by atoms with van der Waals surface area (Å²) in [5.74, 6) is 0.294. The van der Waals surface area contributed by atoms with Gasteiger partial charge in [0, 0.05) is 40.9 Å². The predicted octanol–water partition coefficient (Wildman–Crippen LogP) is 2.47. The number of nitrogens with zero attached hydrogens (tertiary/aromatic N) is 2. The van der Waals surface area contributed by atoms with Crippen molar-refractivity contribution in [1.82, 2.24) is 14.7 Å². The maximum Gasteiger partial charge on any atom is 0.263 e. The SMILES string of the molecule is O=C(COc1ccc2c(c1)c1ccnc3c4ccccc4c(=O)n2c13)NCCCO. The minimum absolute atomic E-state index is 0.0291. The van der Waals surface area contributed by atoms with E-state index in [0.29, 0.717) is 24.1 Å². The van der Waals surface area contributed by atoms with Gasteiger partial charge in [-0.05, 0) is 36.8 Å². The van der Waals surface area contributed by atoms with Crippen LogP contribution in [0.2, 0.25) is 0 Å². The van der Waals surface area contributed by atoms with Gasteiger partial charge in [-0.15, -0.1) is 0 Å². The molecular formula is C23H19N3O4. The van der Waals surface area contributed by atoms with Crippen LogP contribution in [0.25, 0.3) is 38.1 Å². The number of rotatable bonds is 6. The van der Waals surface area contributed by atoms with Crippen LogP contribution in [-0.4, -0.2) is 40.2 Å². The van der Waals surface area contributed by atoms with Gasteiger partial charge in [0.05, 0.1) is 16.6 Å². The lowest BCUT2D eigenvalue weighted by atomic mass is 10.1. The van der Waals surface area contributed by atoms with Crippen LogP contribution < -0.4 is 15.6 Å². The molecule has 0 spiro atoms. The van der Waals surface area contributed by atoms with Crippen molar-refractivity contribution in [3.8, 4) is 5.75 Å². The first kappa shape index (κ1) is 18.3. The van der Waals surface area contributed by atoms with Crippen molar-refractivity contribution in [3.05, 3.63) is 65.1 Å². The van der Waals surface area contributed by atoms with Crippen molar-refractivity contribution >= 4 is 44.0 Å². The number of aromatic nitrogens is 2. The highest BCUT2D eigenvalue weighted by atomic mass is 16.5. The van der Waals surface area contributed by atoms with E-state index in [0.717, 1.165) is 32.7 Å². The fraction of sp³-hybridized carbons (Fsp3) is 0.174. The van der Waals surface area contributed by atoms with Gasteiger partial charge in [-0.1, -0.05) is 18.2 Å². The Morgan fingerprint density at radius 1 is 1.07 bits per heavy atom. The molecule has 0 saturated carbocycles. The van der Waals surface area contributed by atoms with Crippen LogP contribution in [0, 0.1) is 0 Å². The minimum atomic E-state index is -0.249. The molecule has 2 N–H and O–H groups in total. The number of nitrogens with one attached hydrogen (secondary N) is 1. The van der Waals surface area contributed by atoms with E-state index in [1.807, 2.05) is 42.5 Å². The van der Waals surface area contributed by atoms with Crippen LogP contribution >= 0.6 is 0 Å². The Hall–Kier alpha value is -3.71. The molecule has 5 rings (SSSR count). The molecule has 5 aromatic rings. The summed E-state index contributed by atoms with van der Waals surface area (Å²) in [7, 11) is 0. The van der Waals surface area contributed by atoms with E-state index in [2.05, 4.69) is 10.3 Å². The van der Waals surface area contributed by atoms with E-state index >= 15 is 0 Å². The molecule has 0 fully saturated rings. The summed E-state index contributed by atoms with van der Waals surface area (Å²) in [6.07, 6.45) is 2.25. The summed E-state index contributed by atoms with van der Waals surface area (Å²) < 4.78 is 7.36. The number of pyridine rings is 2. The van der Waals surface area contributed by atoms with Crippen LogP contribution in [0.15, 0.2) is 59.5 Å². The lowest BCUT2D eigenvalue weighted by Gasteiger charge is -2.07. The number of aliphatic hydroxyl groups excluding tert-OH is 1. The van der Waals surface area contributed by atoms with E-state index in [-0.39, 0.29) is 24.7 Å². The van der Waals surface area contributed by atoms with Crippen molar-refractivity contribution < 1.29 is 14.6 Å². The van der Waals surface area contributed by atoms with E-state index < -0.39 is 0 Å². The minimum Gasteiger partial charge on any atom is -0.484 e. The normalized spacial score (nSPS) is 11.6. The number of ether oxygens (including phenoxy) is 1. The monoisotopic (exact) mass is 401 g/mol. The maximum atomic E-state index is 13.2. The van der Waals surface area contributed by atoms with Crippen LogP contribution in [0.1, 0.15) is 6.42 Å². The molecule has 3 heterocycles. The Balaban J connectivity index is 1.62. The Morgan fingerprint density at radius 2 is 1.90 bits per heavy atom. The topological polar surface area (TPSA) is 92.9 Å². The van der Waals surface area contributed by atoms with Crippen LogP contribution in [-0.2, 0) is 4.79 Å². The third kappa shape index (κ3) is 2.83. The summed E-state index contributed by atoms with van der Waals surface area (Å²) in [5.41, 5.74) is 2.27.